The first kappa shape index (κ1) is 14.5. The van der Waals surface area contributed by atoms with Crippen LogP contribution in [-0.2, 0) is 9.59 Å². The highest BCUT2D eigenvalue weighted by Crippen LogP contribution is 2.24. The number of hydrogen-bond acceptors (Lipinski definition) is 2. The van der Waals surface area contributed by atoms with Crippen molar-refractivity contribution in [2.75, 3.05) is 11.4 Å². The van der Waals surface area contributed by atoms with Crippen molar-refractivity contribution in [1.29, 1.82) is 0 Å². The molecule has 5 heteroatoms. The van der Waals surface area contributed by atoms with Crippen LogP contribution >= 0.6 is 0 Å². The highest BCUT2D eigenvalue weighted by atomic mass is 19.1. The van der Waals surface area contributed by atoms with Crippen molar-refractivity contribution in [3.63, 3.8) is 0 Å². The zero-order chi connectivity index (χ0) is 14.7. The molecule has 0 aromatic heterocycles. The Hall–Kier alpha value is -1.91. The number of amides is 2. The highest BCUT2D eigenvalue weighted by Gasteiger charge is 2.30. The molecule has 1 atom stereocenters. The summed E-state index contributed by atoms with van der Waals surface area (Å²) in [5, 5.41) is 2.74. The molecule has 0 radical (unpaired) electrons. The van der Waals surface area contributed by atoms with Gasteiger partial charge in [0.1, 0.15) is 11.9 Å². The van der Waals surface area contributed by atoms with Crippen LogP contribution in [0, 0.1) is 12.7 Å². The lowest BCUT2D eigenvalue weighted by atomic mass is 10.1. The quantitative estimate of drug-likeness (QED) is 0.921. The highest BCUT2D eigenvalue weighted by molar-refractivity contribution is 6.01. The molecule has 1 aromatic rings. The van der Waals surface area contributed by atoms with Gasteiger partial charge in [-0.2, -0.15) is 0 Å². The van der Waals surface area contributed by atoms with Crippen LogP contribution in [0.1, 0.15) is 31.7 Å². The van der Waals surface area contributed by atoms with E-state index in [2.05, 4.69) is 5.32 Å². The van der Waals surface area contributed by atoms with Crippen LogP contribution < -0.4 is 10.2 Å². The Bertz CT molecular complexity index is 531. The van der Waals surface area contributed by atoms with E-state index in [0.717, 1.165) is 6.42 Å². The summed E-state index contributed by atoms with van der Waals surface area (Å²) in [6.45, 7) is 3.89. The second-order valence-corrected chi connectivity index (χ2v) is 5.03. The van der Waals surface area contributed by atoms with Crippen LogP contribution in [0.3, 0.4) is 0 Å². The van der Waals surface area contributed by atoms with Gasteiger partial charge < -0.3 is 10.2 Å². The monoisotopic (exact) mass is 278 g/mol. The molecule has 1 fully saturated rings. The molecule has 1 heterocycles. The Labute approximate surface area is 118 Å². The van der Waals surface area contributed by atoms with E-state index >= 15 is 0 Å². The average molecular weight is 278 g/mol. The van der Waals surface area contributed by atoms with Crippen molar-refractivity contribution >= 4 is 17.5 Å². The van der Waals surface area contributed by atoms with Gasteiger partial charge in [0.2, 0.25) is 11.8 Å². The third-order valence-corrected chi connectivity index (χ3v) is 3.57. The topological polar surface area (TPSA) is 49.4 Å². The Morgan fingerprint density at radius 2 is 2.15 bits per heavy atom. The van der Waals surface area contributed by atoms with E-state index in [4.69, 9.17) is 0 Å². The summed E-state index contributed by atoms with van der Waals surface area (Å²) in [4.78, 5) is 25.7. The standard InChI is InChI=1S/C15H19FN2O2/c1-3-5-12-15(20)18(9-8-14(19)17-12)13-7-4-6-11(16)10(13)2/h4,6-7,12H,3,5,8-9H2,1-2H3,(H,17,19). The predicted molar refractivity (Wildman–Crippen MR) is 74.9 cm³/mol. The fraction of sp³-hybridized carbons (Fsp3) is 0.467. The summed E-state index contributed by atoms with van der Waals surface area (Å²) in [6, 6.07) is 4.15. The first-order valence-electron chi connectivity index (χ1n) is 6.90. The van der Waals surface area contributed by atoms with Crippen molar-refractivity contribution < 1.29 is 14.0 Å². The van der Waals surface area contributed by atoms with Crippen LogP contribution in [0.4, 0.5) is 10.1 Å². The van der Waals surface area contributed by atoms with Crippen LogP contribution in [0.5, 0.6) is 0 Å². The molecule has 4 nitrogen and oxygen atoms in total. The fourth-order valence-corrected chi connectivity index (χ4v) is 2.45. The minimum absolute atomic E-state index is 0.131. The average Bonchev–Trinajstić information content (AvgIpc) is 2.55. The Morgan fingerprint density at radius 1 is 1.40 bits per heavy atom. The van der Waals surface area contributed by atoms with Gasteiger partial charge in [-0.05, 0) is 25.5 Å². The van der Waals surface area contributed by atoms with Gasteiger partial charge in [-0.25, -0.2) is 4.39 Å². The van der Waals surface area contributed by atoms with Gasteiger partial charge in [0, 0.05) is 24.2 Å². The SMILES string of the molecule is CCCC1NC(=O)CCN(c2cccc(F)c2C)C1=O. The summed E-state index contributed by atoms with van der Waals surface area (Å²) < 4.78 is 13.7. The predicted octanol–water partition coefficient (Wildman–Crippen LogP) is 2.16. The molecule has 1 aliphatic rings. The van der Waals surface area contributed by atoms with Crippen LogP contribution in [-0.4, -0.2) is 24.4 Å². The summed E-state index contributed by atoms with van der Waals surface area (Å²) in [5.41, 5.74) is 0.984. The summed E-state index contributed by atoms with van der Waals surface area (Å²) in [5.74, 6) is -0.634. The Balaban J connectivity index is 2.36. The van der Waals surface area contributed by atoms with Crippen molar-refractivity contribution in [2.45, 2.75) is 39.2 Å². The first-order chi connectivity index (χ1) is 9.54. The number of hydrogen-bond donors (Lipinski definition) is 1. The van der Waals surface area contributed by atoms with E-state index in [9.17, 15) is 14.0 Å². The third-order valence-electron chi connectivity index (χ3n) is 3.57. The molecule has 108 valence electrons. The maximum atomic E-state index is 13.7. The molecule has 1 aromatic carbocycles. The van der Waals surface area contributed by atoms with E-state index in [0.29, 0.717) is 17.7 Å². The lowest BCUT2D eigenvalue weighted by Crippen LogP contribution is -2.44. The number of nitrogens with zero attached hydrogens (tertiary/aromatic N) is 1. The van der Waals surface area contributed by atoms with Crippen molar-refractivity contribution in [1.82, 2.24) is 5.32 Å². The molecule has 0 saturated carbocycles. The van der Waals surface area contributed by atoms with E-state index in [1.54, 1.807) is 19.1 Å². The number of halogens is 1. The molecule has 2 rings (SSSR count). The summed E-state index contributed by atoms with van der Waals surface area (Å²) >= 11 is 0. The zero-order valence-corrected chi connectivity index (χ0v) is 11.8. The number of nitrogens with one attached hydrogen (secondary N) is 1. The summed E-state index contributed by atoms with van der Waals surface area (Å²) in [6.07, 6.45) is 1.63. The van der Waals surface area contributed by atoms with Gasteiger partial charge >= 0.3 is 0 Å². The minimum atomic E-state index is -0.516. The maximum Gasteiger partial charge on any atom is 0.249 e. The van der Waals surface area contributed by atoms with E-state index in [-0.39, 0.29) is 30.6 Å². The van der Waals surface area contributed by atoms with Gasteiger partial charge in [0.25, 0.3) is 0 Å². The molecular weight excluding hydrogens is 259 g/mol. The second kappa shape index (κ2) is 6.03. The molecule has 0 bridgehead atoms. The van der Waals surface area contributed by atoms with Gasteiger partial charge in [-0.3, -0.25) is 9.59 Å². The first-order valence-corrected chi connectivity index (χ1v) is 6.90. The zero-order valence-electron chi connectivity index (χ0n) is 11.8. The molecule has 1 saturated heterocycles. The molecule has 20 heavy (non-hydrogen) atoms. The second-order valence-electron chi connectivity index (χ2n) is 5.03. The largest absolute Gasteiger partial charge is 0.344 e. The molecule has 2 amide bonds. The number of carbonyl (C=O) groups excluding carboxylic acids is 2. The smallest absolute Gasteiger partial charge is 0.249 e. The molecule has 1 unspecified atom stereocenters. The van der Waals surface area contributed by atoms with Gasteiger partial charge in [0.15, 0.2) is 0 Å². The van der Waals surface area contributed by atoms with E-state index in [1.165, 1.54) is 11.0 Å². The lowest BCUT2D eigenvalue weighted by molar-refractivity contribution is -0.125. The summed E-state index contributed by atoms with van der Waals surface area (Å²) in [7, 11) is 0. The molecule has 1 aliphatic heterocycles. The van der Waals surface area contributed by atoms with Crippen LogP contribution in [0.25, 0.3) is 0 Å². The molecular formula is C15H19FN2O2. The Kier molecular flexibility index (Phi) is 4.37. The minimum Gasteiger partial charge on any atom is -0.344 e. The van der Waals surface area contributed by atoms with Gasteiger partial charge in [-0.15, -0.1) is 0 Å². The normalized spacial score (nSPS) is 19.8. The van der Waals surface area contributed by atoms with E-state index < -0.39 is 6.04 Å². The molecule has 0 spiro atoms. The van der Waals surface area contributed by atoms with Crippen molar-refractivity contribution in [2.24, 2.45) is 0 Å². The van der Waals surface area contributed by atoms with E-state index in [1.807, 2.05) is 6.92 Å². The number of benzene rings is 1. The molecule has 0 aliphatic carbocycles. The Morgan fingerprint density at radius 3 is 2.85 bits per heavy atom. The number of rotatable bonds is 3. The van der Waals surface area contributed by atoms with Gasteiger partial charge in [-0.1, -0.05) is 19.4 Å². The van der Waals surface area contributed by atoms with Crippen molar-refractivity contribution in [3.8, 4) is 0 Å². The van der Waals surface area contributed by atoms with Gasteiger partial charge in [0.05, 0.1) is 0 Å². The molecule has 1 N–H and O–H groups in total. The third kappa shape index (κ3) is 2.81. The lowest BCUT2D eigenvalue weighted by Gasteiger charge is -2.25. The van der Waals surface area contributed by atoms with Crippen LogP contribution in [0.2, 0.25) is 0 Å². The number of anilines is 1. The fourth-order valence-electron chi connectivity index (χ4n) is 2.45. The number of carbonyl (C=O) groups is 2. The maximum absolute atomic E-state index is 13.7. The van der Waals surface area contributed by atoms with Crippen molar-refractivity contribution in [3.05, 3.63) is 29.6 Å². The van der Waals surface area contributed by atoms with Crippen LogP contribution in [0.15, 0.2) is 18.2 Å².